The number of nitrogens with one attached hydrogen (secondary N) is 1. The van der Waals surface area contributed by atoms with Gasteiger partial charge in [-0.2, -0.15) is 0 Å². The Balaban J connectivity index is 1.46. The molecule has 0 aliphatic carbocycles. The average Bonchev–Trinajstić information content (AvgIpc) is 2.83. The van der Waals surface area contributed by atoms with E-state index in [9.17, 15) is 14.0 Å². The molecule has 164 valence electrons. The van der Waals surface area contributed by atoms with Gasteiger partial charge in [0.05, 0.1) is 5.41 Å². The first kappa shape index (κ1) is 21.5. The lowest BCUT2D eigenvalue weighted by Gasteiger charge is -2.36. The molecule has 6 heteroatoms. The highest BCUT2D eigenvalue weighted by Gasteiger charge is 2.41. The van der Waals surface area contributed by atoms with E-state index < -0.39 is 5.41 Å². The first-order chi connectivity index (χ1) is 15.1. The Kier molecular flexibility index (Phi) is 6.66. The van der Waals surface area contributed by atoms with Gasteiger partial charge in [0.15, 0.2) is 0 Å². The number of carbonyl (C=O) groups excluding carboxylic acids is 2. The van der Waals surface area contributed by atoms with Crippen LogP contribution in [0.15, 0.2) is 48.5 Å². The molecule has 0 spiro atoms. The summed E-state index contributed by atoms with van der Waals surface area (Å²) < 4.78 is 18.9. The maximum Gasteiger partial charge on any atom is 0.253 e. The number of hydrogen-bond donors (Lipinski definition) is 1. The van der Waals surface area contributed by atoms with Gasteiger partial charge in [0.25, 0.3) is 5.91 Å². The minimum absolute atomic E-state index is 0.0556. The molecule has 2 aliphatic heterocycles. The molecule has 0 aromatic heterocycles. The minimum atomic E-state index is -0.729. The Morgan fingerprint density at radius 2 is 1.71 bits per heavy atom. The smallest absolute Gasteiger partial charge is 0.253 e. The first-order valence-electron chi connectivity index (χ1n) is 11.1. The van der Waals surface area contributed by atoms with E-state index in [1.54, 1.807) is 12.1 Å². The van der Waals surface area contributed by atoms with E-state index in [0.717, 1.165) is 37.1 Å². The summed E-state index contributed by atoms with van der Waals surface area (Å²) in [6.45, 7) is 2.93. The molecule has 0 bridgehead atoms. The summed E-state index contributed by atoms with van der Waals surface area (Å²) in [6.07, 6.45) is 4.39. The highest BCUT2D eigenvalue weighted by Crippen LogP contribution is 2.35. The number of piperidine rings is 1. The lowest BCUT2D eigenvalue weighted by Crippen LogP contribution is -2.47. The number of carbonyl (C=O) groups is 2. The van der Waals surface area contributed by atoms with Gasteiger partial charge in [-0.3, -0.25) is 9.59 Å². The van der Waals surface area contributed by atoms with Gasteiger partial charge in [0.1, 0.15) is 5.82 Å². The van der Waals surface area contributed by atoms with Crippen molar-refractivity contribution in [1.82, 2.24) is 10.2 Å². The van der Waals surface area contributed by atoms with Crippen LogP contribution in [0, 0.1) is 5.82 Å². The SMILES string of the molecule is O=C(c1cccc(CNC(=O)C2(c3ccc(F)cc3)CCOCC2)c1)N1CCCCC1. The molecule has 0 atom stereocenters. The Labute approximate surface area is 182 Å². The van der Waals surface area contributed by atoms with Crippen molar-refractivity contribution >= 4 is 11.8 Å². The third-order valence-corrected chi connectivity index (χ3v) is 6.45. The number of likely N-dealkylation sites (tertiary alicyclic amines) is 1. The standard InChI is InChI=1S/C25H29FN2O3/c26-22-9-7-21(8-10-22)25(11-15-31-16-12-25)24(30)27-18-19-5-4-6-20(17-19)23(29)28-13-2-1-3-14-28/h4-10,17H,1-3,11-16,18H2,(H,27,30). The topological polar surface area (TPSA) is 58.6 Å². The number of amides is 2. The van der Waals surface area contributed by atoms with Crippen molar-refractivity contribution in [3.63, 3.8) is 0 Å². The molecule has 5 nitrogen and oxygen atoms in total. The van der Waals surface area contributed by atoms with Gasteiger partial charge in [-0.05, 0) is 67.5 Å². The van der Waals surface area contributed by atoms with Crippen molar-refractivity contribution in [1.29, 1.82) is 0 Å². The maximum absolute atomic E-state index is 13.4. The lowest BCUT2D eigenvalue weighted by molar-refractivity contribution is -0.130. The highest BCUT2D eigenvalue weighted by molar-refractivity contribution is 5.94. The van der Waals surface area contributed by atoms with Crippen molar-refractivity contribution in [3.05, 3.63) is 71.0 Å². The fourth-order valence-corrected chi connectivity index (χ4v) is 4.58. The lowest BCUT2D eigenvalue weighted by atomic mass is 9.73. The van der Waals surface area contributed by atoms with E-state index in [2.05, 4.69) is 5.32 Å². The monoisotopic (exact) mass is 424 g/mol. The van der Waals surface area contributed by atoms with Crippen LogP contribution in [-0.4, -0.2) is 43.0 Å². The van der Waals surface area contributed by atoms with E-state index in [-0.39, 0.29) is 17.6 Å². The number of rotatable bonds is 5. The summed E-state index contributed by atoms with van der Waals surface area (Å²) in [5.41, 5.74) is 1.63. The van der Waals surface area contributed by atoms with Gasteiger partial charge in [-0.25, -0.2) is 4.39 Å². The van der Waals surface area contributed by atoms with Crippen molar-refractivity contribution < 1.29 is 18.7 Å². The summed E-state index contributed by atoms with van der Waals surface area (Å²) >= 11 is 0. The molecule has 0 radical (unpaired) electrons. The predicted octanol–water partition coefficient (Wildman–Crippen LogP) is 3.82. The van der Waals surface area contributed by atoms with Crippen LogP contribution in [0.2, 0.25) is 0 Å². The third kappa shape index (κ3) is 4.79. The van der Waals surface area contributed by atoms with Crippen LogP contribution >= 0.6 is 0 Å². The van der Waals surface area contributed by atoms with Crippen LogP contribution in [0.5, 0.6) is 0 Å². The Morgan fingerprint density at radius 3 is 2.42 bits per heavy atom. The quantitative estimate of drug-likeness (QED) is 0.794. The van der Waals surface area contributed by atoms with Gasteiger partial charge in [-0.1, -0.05) is 24.3 Å². The third-order valence-electron chi connectivity index (χ3n) is 6.45. The summed E-state index contributed by atoms with van der Waals surface area (Å²) in [5.74, 6) is -0.350. The second-order valence-electron chi connectivity index (χ2n) is 8.44. The Morgan fingerprint density at radius 1 is 1.00 bits per heavy atom. The van der Waals surface area contributed by atoms with Crippen molar-refractivity contribution in [2.24, 2.45) is 0 Å². The molecular weight excluding hydrogens is 395 g/mol. The summed E-state index contributed by atoms with van der Waals surface area (Å²) in [4.78, 5) is 28.0. The van der Waals surface area contributed by atoms with Crippen molar-refractivity contribution in [3.8, 4) is 0 Å². The molecule has 2 fully saturated rings. The van der Waals surface area contributed by atoms with Gasteiger partial charge < -0.3 is 15.0 Å². The second-order valence-corrected chi connectivity index (χ2v) is 8.44. The van der Waals surface area contributed by atoms with Gasteiger partial charge in [0.2, 0.25) is 5.91 Å². The molecule has 2 aromatic carbocycles. The molecule has 4 rings (SSSR count). The highest BCUT2D eigenvalue weighted by atomic mass is 19.1. The maximum atomic E-state index is 13.4. The Hall–Kier alpha value is -2.73. The van der Waals surface area contributed by atoms with Gasteiger partial charge in [0, 0.05) is 38.4 Å². The minimum Gasteiger partial charge on any atom is -0.381 e. The fraction of sp³-hybridized carbons (Fsp3) is 0.440. The first-order valence-corrected chi connectivity index (χ1v) is 11.1. The molecule has 0 saturated carbocycles. The van der Waals surface area contributed by atoms with E-state index in [0.29, 0.717) is 38.2 Å². The van der Waals surface area contributed by atoms with Crippen LogP contribution in [0.1, 0.15) is 53.6 Å². The van der Waals surface area contributed by atoms with Crippen LogP contribution in [0.3, 0.4) is 0 Å². The molecule has 2 saturated heterocycles. The van der Waals surface area contributed by atoms with Crippen LogP contribution in [0.4, 0.5) is 4.39 Å². The second kappa shape index (κ2) is 9.60. The van der Waals surface area contributed by atoms with Crippen LogP contribution in [0.25, 0.3) is 0 Å². The number of hydrogen-bond acceptors (Lipinski definition) is 3. The molecule has 2 aliphatic rings. The average molecular weight is 425 g/mol. The molecule has 2 heterocycles. The zero-order valence-electron chi connectivity index (χ0n) is 17.7. The van der Waals surface area contributed by atoms with E-state index >= 15 is 0 Å². The molecule has 1 N–H and O–H groups in total. The van der Waals surface area contributed by atoms with E-state index in [4.69, 9.17) is 4.74 Å². The number of ether oxygens (including phenoxy) is 1. The normalized spacial score (nSPS) is 18.4. The molecule has 2 amide bonds. The molecular formula is C25H29FN2O3. The zero-order chi connectivity index (χ0) is 21.7. The van der Waals surface area contributed by atoms with E-state index in [1.807, 2.05) is 29.2 Å². The molecule has 0 unspecified atom stereocenters. The fourth-order valence-electron chi connectivity index (χ4n) is 4.58. The number of halogens is 1. The van der Waals surface area contributed by atoms with Crippen molar-refractivity contribution in [2.75, 3.05) is 26.3 Å². The van der Waals surface area contributed by atoms with Crippen molar-refractivity contribution in [2.45, 2.75) is 44.1 Å². The zero-order valence-corrected chi connectivity index (χ0v) is 17.7. The van der Waals surface area contributed by atoms with E-state index in [1.165, 1.54) is 18.6 Å². The van der Waals surface area contributed by atoms with Gasteiger partial charge >= 0.3 is 0 Å². The van der Waals surface area contributed by atoms with Gasteiger partial charge in [-0.15, -0.1) is 0 Å². The summed E-state index contributed by atoms with van der Waals surface area (Å²) in [7, 11) is 0. The predicted molar refractivity (Wildman–Crippen MR) is 116 cm³/mol. The summed E-state index contributed by atoms with van der Waals surface area (Å²) in [6, 6.07) is 13.7. The summed E-state index contributed by atoms with van der Waals surface area (Å²) in [5, 5.41) is 3.06. The van der Waals surface area contributed by atoms with Crippen LogP contribution < -0.4 is 5.32 Å². The largest absolute Gasteiger partial charge is 0.381 e. The molecule has 2 aromatic rings. The Bertz CT molecular complexity index is 917. The molecule has 31 heavy (non-hydrogen) atoms. The van der Waals surface area contributed by atoms with Crippen LogP contribution in [-0.2, 0) is 21.5 Å². The number of benzene rings is 2. The number of nitrogens with zero attached hydrogens (tertiary/aromatic N) is 1.